The molecule has 0 bridgehead atoms. The Hall–Kier alpha value is -1.30. The van der Waals surface area contributed by atoms with Crippen LogP contribution in [0.1, 0.15) is 26.7 Å². The van der Waals surface area contributed by atoms with E-state index in [1.54, 1.807) is 20.9 Å². The molecule has 1 aliphatic heterocycles. The Balaban J connectivity index is 2.58. The molecule has 18 heavy (non-hydrogen) atoms. The van der Waals surface area contributed by atoms with Gasteiger partial charge in [0, 0.05) is 26.7 Å². The smallest absolute Gasteiger partial charge is 0.314 e. The van der Waals surface area contributed by atoms with Crippen LogP contribution in [-0.2, 0) is 4.79 Å². The summed E-state index contributed by atoms with van der Waals surface area (Å²) in [6.07, 6.45) is 1.55. The number of piperidine rings is 1. The summed E-state index contributed by atoms with van der Waals surface area (Å²) in [5, 5.41) is 9.70. The van der Waals surface area contributed by atoms with Gasteiger partial charge in [-0.3, -0.25) is 4.79 Å². The predicted molar refractivity (Wildman–Crippen MR) is 67.8 cm³/mol. The molecule has 1 saturated heterocycles. The number of aliphatic hydroxyl groups is 1. The summed E-state index contributed by atoms with van der Waals surface area (Å²) in [5.74, 6) is -0.248. The molecule has 6 heteroatoms. The highest BCUT2D eigenvalue weighted by molar-refractivity contribution is 5.80. The maximum absolute atomic E-state index is 12.2. The van der Waals surface area contributed by atoms with Gasteiger partial charge in [-0.1, -0.05) is 0 Å². The third-order valence-electron chi connectivity index (χ3n) is 3.08. The Morgan fingerprint density at radius 2 is 2.11 bits per heavy atom. The van der Waals surface area contributed by atoms with Crippen molar-refractivity contribution in [2.24, 2.45) is 11.7 Å². The lowest BCUT2D eigenvalue weighted by molar-refractivity contribution is -0.138. The molecule has 3 N–H and O–H groups in total. The average molecular weight is 257 g/mol. The molecule has 0 aromatic carbocycles. The summed E-state index contributed by atoms with van der Waals surface area (Å²) >= 11 is 0. The number of likely N-dealkylation sites (tertiary alicyclic amines) is 1. The number of hydrogen-bond acceptors (Lipinski definition) is 3. The first-order valence-corrected chi connectivity index (χ1v) is 6.22. The fraction of sp³-hybridized carbons (Fsp3) is 0.833. The zero-order valence-electron chi connectivity index (χ0n) is 11.3. The van der Waals surface area contributed by atoms with E-state index in [9.17, 15) is 14.7 Å². The van der Waals surface area contributed by atoms with Crippen LogP contribution in [0.3, 0.4) is 0 Å². The first kappa shape index (κ1) is 14.8. The topological polar surface area (TPSA) is 86.9 Å². The monoisotopic (exact) mass is 257 g/mol. The third-order valence-corrected chi connectivity index (χ3v) is 3.08. The van der Waals surface area contributed by atoms with Crippen molar-refractivity contribution in [3.05, 3.63) is 0 Å². The van der Waals surface area contributed by atoms with Crippen molar-refractivity contribution in [3.8, 4) is 0 Å². The Morgan fingerprint density at radius 3 is 2.61 bits per heavy atom. The molecule has 3 amide bonds. The van der Waals surface area contributed by atoms with Crippen LogP contribution in [0.25, 0.3) is 0 Å². The number of amides is 3. The van der Waals surface area contributed by atoms with Gasteiger partial charge in [-0.25, -0.2) is 4.79 Å². The van der Waals surface area contributed by atoms with E-state index in [1.165, 1.54) is 9.80 Å². The lowest BCUT2D eigenvalue weighted by atomic mass is 9.96. The number of nitrogens with zero attached hydrogens (tertiary/aromatic N) is 2. The molecule has 0 aromatic heterocycles. The van der Waals surface area contributed by atoms with E-state index in [0.29, 0.717) is 13.1 Å². The van der Waals surface area contributed by atoms with Gasteiger partial charge in [0.05, 0.1) is 11.5 Å². The Morgan fingerprint density at radius 1 is 1.50 bits per heavy atom. The maximum Gasteiger partial charge on any atom is 0.314 e. The number of hydrogen-bond donors (Lipinski definition) is 2. The summed E-state index contributed by atoms with van der Waals surface area (Å²) in [5.41, 5.74) is 4.32. The summed E-state index contributed by atoms with van der Waals surface area (Å²) in [4.78, 5) is 26.3. The minimum absolute atomic E-state index is 0.0388. The van der Waals surface area contributed by atoms with Crippen LogP contribution in [0.4, 0.5) is 4.79 Å². The SMILES string of the molecule is CN(CC(C)(C)O)C(=O)C1CCCN(C(N)=O)C1. The number of nitrogens with two attached hydrogens (primary N) is 1. The van der Waals surface area contributed by atoms with Crippen LogP contribution in [-0.4, -0.2) is 59.1 Å². The van der Waals surface area contributed by atoms with E-state index in [0.717, 1.165) is 12.8 Å². The molecule has 6 nitrogen and oxygen atoms in total. The van der Waals surface area contributed by atoms with Gasteiger partial charge in [0.1, 0.15) is 0 Å². The van der Waals surface area contributed by atoms with E-state index < -0.39 is 11.6 Å². The second-order valence-electron chi connectivity index (χ2n) is 5.63. The van der Waals surface area contributed by atoms with Gasteiger partial charge in [-0.05, 0) is 26.7 Å². The fourth-order valence-electron chi connectivity index (χ4n) is 2.35. The highest BCUT2D eigenvalue weighted by Gasteiger charge is 2.30. The largest absolute Gasteiger partial charge is 0.389 e. The zero-order chi connectivity index (χ0) is 13.9. The van der Waals surface area contributed by atoms with Crippen molar-refractivity contribution in [3.63, 3.8) is 0 Å². The van der Waals surface area contributed by atoms with Crippen LogP contribution in [0.15, 0.2) is 0 Å². The van der Waals surface area contributed by atoms with Crippen LogP contribution in [0.5, 0.6) is 0 Å². The second kappa shape index (κ2) is 5.56. The number of carbonyl (C=O) groups is 2. The van der Waals surface area contributed by atoms with Crippen molar-refractivity contribution in [2.45, 2.75) is 32.3 Å². The fourth-order valence-corrected chi connectivity index (χ4v) is 2.35. The number of primary amides is 1. The molecular weight excluding hydrogens is 234 g/mol. The Bertz CT molecular complexity index is 325. The van der Waals surface area contributed by atoms with Crippen LogP contribution >= 0.6 is 0 Å². The van der Waals surface area contributed by atoms with Gasteiger partial charge in [-0.15, -0.1) is 0 Å². The van der Waals surface area contributed by atoms with Crippen molar-refractivity contribution >= 4 is 11.9 Å². The van der Waals surface area contributed by atoms with E-state index in [2.05, 4.69) is 0 Å². The van der Waals surface area contributed by atoms with Crippen LogP contribution < -0.4 is 5.73 Å². The van der Waals surface area contributed by atoms with E-state index in [-0.39, 0.29) is 18.4 Å². The van der Waals surface area contributed by atoms with E-state index in [4.69, 9.17) is 5.73 Å². The minimum Gasteiger partial charge on any atom is -0.389 e. The molecule has 0 aromatic rings. The van der Waals surface area contributed by atoms with Crippen molar-refractivity contribution in [1.82, 2.24) is 9.80 Å². The zero-order valence-corrected chi connectivity index (χ0v) is 11.3. The van der Waals surface area contributed by atoms with E-state index in [1.807, 2.05) is 0 Å². The molecule has 1 rings (SSSR count). The number of urea groups is 1. The molecule has 1 unspecified atom stereocenters. The number of rotatable bonds is 3. The summed E-state index contributed by atoms with van der Waals surface area (Å²) in [6.45, 7) is 4.60. The molecule has 0 aliphatic carbocycles. The third kappa shape index (κ3) is 4.18. The van der Waals surface area contributed by atoms with Gasteiger partial charge >= 0.3 is 6.03 Å². The van der Waals surface area contributed by atoms with Crippen molar-refractivity contribution in [2.75, 3.05) is 26.7 Å². The highest BCUT2D eigenvalue weighted by Crippen LogP contribution is 2.19. The van der Waals surface area contributed by atoms with Gasteiger partial charge in [0.2, 0.25) is 5.91 Å². The molecule has 0 saturated carbocycles. The standard InChI is InChI=1S/C12H23N3O3/c1-12(2,18)8-14(3)10(16)9-5-4-6-15(7-9)11(13)17/h9,18H,4-8H2,1-3H3,(H2,13,17). The number of likely N-dealkylation sites (N-methyl/N-ethyl adjacent to an activating group) is 1. The van der Waals surface area contributed by atoms with E-state index >= 15 is 0 Å². The Kier molecular flexibility index (Phi) is 4.56. The Labute approximate surface area is 108 Å². The highest BCUT2D eigenvalue weighted by atomic mass is 16.3. The normalized spacial score (nSPS) is 20.7. The quantitative estimate of drug-likeness (QED) is 0.746. The summed E-state index contributed by atoms with van der Waals surface area (Å²) in [6, 6.07) is -0.474. The van der Waals surface area contributed by atoms with Gasteiger partial charge in [0.25, 0.3) is 0 Å². The predicted octanol–water partition coefficient (Wildman–Crippen LogP) is 0.00640. The molecule has 104 valence electrons. The van der Waals surface area contributed by atoms with Gasteiger partial charge in [0.15, 0.2) is 0 Å². The molecule has 0 radical (unpaired) electrons. The van der Waals surface area contributed by atoms with Crippen molar-refractivity contribution in [1.29, 1.82) is 0 Å². The molecule has 0 spiro atoms. The summed E-state index contributed by atoms with van der Waals surface area (Å²) in [7, 11) is 1.67. The molecule has 1 heterocycles. The van der Waals surface area contributed by atoms with Crippen LogP contribution in [0.2, 0.25) is 0 Å². The molecule has 1 aliphatic rings. The van der Waals surface area contributed by atoms with Crippen LogP contribution in [0, 0.1) is 5.92 Å². The maximum atomic E-state index is 12.2. The lowest BCUT2D eigenvalue weighted by Gasteiger charge is -2.34. The second-order valence-corrected chi connectivity index (χ2v) is 5.63. The molecule has 1 fully saturated rings. The first-order chi connectivity index (χ1) is 8.20. The van der Waals surface area contributed by atoms with Crippen molar-refractivity contribution < 1.29 is 14.7 Å². The average Bonchev–Trinajstić information content (AvgIpc) is 2.26. The molecular formula is C12H23N3O3. The first-order valence-electron chi connectivity index (χ1n) is 6.22. The van der Waals surface area contributed by atoms with Gasteiger partial charge in [-0.2, -0.15) is 0 Å². The lowest BCUT2D eigenvalue weighted by Crippen LogP contribution is -2.49. The minimum atomic E-state index is -0.914. The van der Waals surface area contributed by atoms with Gasteiger partial charge < -0.3 is 20.6 Å². The summed E-state index contributed by atoms with van der Waals surface area (Å²) < 4.78 is 0. The molecule has 1 atom stereocenters. The number of carbonyl (C=O) groups excluding carboxylic acids is 2.